The molecule has 0 saturated heterocycles. The molecule has 0 fully saturated rings. The first kappa shape index (κ1) is 10.6. The Labute approximate surface area is 85.3 Å². The molecule has 1 atom stereocenters. The van der Waals surface area contributed by atoms with Crippen LogP contribution in [0.1, 0.15) is 18.5 Å². The summed E-state index contributed by atoms with van der Waals surface area (Å²) in [6, 6.07) is 8.14. The van der Waals surface area contributed by atoms with Crippen LogP contribution in [0.5, 0.6) is 5.75 Å². The molecule has 0 aliphatic rings. The molecule has 14 heavy (non-hydrogen) atoms. The maximum absolute atomic E-state index is 5.25. The van der Waals surface area contributed by atoms with Gasteiger partial charge >= 0.3 is 0 Å². The topological polar surface area (TPSA) is 21.3 Å². The van der Waals surface area contributed by atoms with Crippen molar-refractivity contribution < 1.29 is 4.74 Å². The van der Waals surface area contributed by atoms with Gasteiger partial charge in [-0.25, -0.2) is 0 Å². The number of nitrogens with one attached hydrogen (secondary N) is 1. The van der Waals surface area contributed by atoms with Crippen molar-refractivity contribution in [2.75, 3.05) is 13.7 Å². The van der Waals surface area contributed by atoms with E-state index in [1.807, 2.05) is 24.3 Å². The van der Waals surface area contributed by atoms with Crippen LogP contribution in [0, 0.1) is 12.3 Å². The van der Waals surface area contributed by atoms with Gasteiger partial charge in [0, 0.05) is 11.6 Å². The highest BCUT2D eigenvalue weighted by atomic mass is 16.5. The summed E-state index contributed by atoms with van der Waals surface area (Å²) in [6.45, 7) is 2.63. The summed E-state index contributed by atoms with van der Waals surface area (Å²) in [5.74, 6) is 3.45. The number of para-hydroxylation sites is 1. The molecule has 0 amide bonds. The lowest BCUT2D eigenvalue weighted by Crippen LogP contribution is -2.19. The van der Waals surface area contributed by atoms with Gasteiger partial charge in [0.15, 0.2) is 0 Å². The van der Waals surface area contributed by atoms with Gasteiger partial charge in [0.25, 0.3) is 0 Å². The van der Waals surface area contributed by atoms with E-state index in [2.05, 4.69) is 18.2 Å². The number of hydrogen-bond acceptors (Lipinski definition) is 2. The molecule has 0 heterocycles. The van der Waals surface area contributed by atoms with Crippen molar-refractivity contribution in [3.63, 3.8) is 0 Å². The van der Waals surface area contributed by atoms with Crippen LogP contribution in [0.4, 0.5) is 0 Å². The number of terminal acetylenes is 1. The van der Waals surface area contributed by atoms with Gasteiger partial charge in [-0.2, -0.15) is 0 Å². The predicted molar refractivity (Wildman–Crippen MR) is 58.2 cm³/mol. The van der Waals surface area contributed by atoms with Gasteiger partial charge in [0.1, 0.15) is 5.75 Å². The second-order valence-electron chi connectivity index (χ2n) is 3.05. The molecular weight excluding hydrogens is 174 g/mol. The van der Waals surface area contributed by atoms with E-state index in [9.17, 15) is 0 Å². The van der Waals surface area contributed by atoms with Crippen molar-refractivity contribution in [1.82, 2.24) is 5.32 Å². The highest BCUT2D eigenvalue weighted by Gasteiger charge is 2.08. The molecule has 2 heteroatoms. The molecule has 1 rings (SSSR count). The van der Waals surface area contributed by atoms with E-state index >= 15 is 0 Å². The molecule has 0 radical (unpaired) electrons. The molecule has 74 valence electrons. The number of hydrogen-bond donors (Lipinski definition) is 1. The van der Waals surface area contributed by atoms with Crippen LogP contribution in [0.3, 0.4) is 0 Å². The predicted octanol–water partition coefficient (Wildman–Crippen LogP) is 1.98. The third kappa shape index (κ3) is 2.51. The lowest BCUT2D eigenvalue weighted by atomic mass is 10.1. The summed E-state index contributed by atoms with van der Waals surface area (Å²) in [5.41, 5.74) is 1.13. The number of methoxy groups -OCH3 is 1. The largest absolute Gasteiger partial charge is 0.496 e. The summed E-state index contributed by atoms with van der Waals surface area (Å²) in [5, 5.41) is 3.21. The molecule has 1 unspecified atom stereocenters. The average Bonchev–Trinajstić information content (AvgIpc) is 2.25. The zero-order valence-corrected chi connectivity index (χ0v) is 8.58. The van der Waals surface area contributed by atoms with Crippen LogP contribution in [-0.2, 0) is 0 Å². The Morgan fingerprint density at radius 1 is 1.50 bits per heavy atom. The summed E-state index contributed by atoms with van der Waals surface area (Å²) >= 11 is 0. The average molecular weight is 189 g/mol. The Morgan fingerprint density at radius 2 is 2.21 bits per heavy atom. The number of benzene rings is 1. The molecule has 1 N–H and O–H groups in total. The summed E-state index contributed by atoms with van der Waals surface area (Å²) < 4.78 is 5.25. The second-order valence-corrected chi connectivity index (χ2v) is 3.05. The van der Waals surface area contributed by atoms with Crippen LogP contribution in [0.15, 0.2) is 24.3 Å². The van der Waals surface area contributed by atoms with E-state index in [0.29, 0.717) is 6.54 Å². The zero-order chi connectivity index (χ0) is 10.4. The normalized spacial score (nSPS) is 11.8. The van der Waals surface area contributed by atoms with Crippen molar-refractivity contribution in [2.45, 2.75) is 13.0 Å². The van der Waals surface area contributed by atoms with Gasteiger partial charge in [-0.05, 0) is 13.0 Å². The number of rotatable bonds is 4. The molecule has 1 aromatic carbocycles. The molecule has 1 aromatic rings. The van der Waals surface area contributed by atoms with Crippen LogP contribution in [0.25, 0.3) is 0 Å². The van der Waals surface area contributed by atoms with E-state index < -0.39 is 0 Å². The third-order valence-electron chi connectivity index (χ3n) is 2.12. The Morgan fingerprint density at radius 3 is 2.86 bits per heavy atom. The molecular formula is C12H15NO. The van der Waals surface area contributed by atoms with Gasteiger partial charge in [-0.15, -0.1) is 6.42 Å². The first-order valence-corrected chi connectivity index (χ1v) is 4.59. The lowest BCUT2D eigenvalue weighted by molar-refractivity contribution is 0.403. The fourth-order valence-corrected chi connectivity index (χ4v) is 1.35. The molecule has 0 bridgehead atoms. The smallest absolute Gasteiger partial charge is 0.123 e. The first-order valence-electron chi connectivity index (χ1n) is 4.59. The Bertz CT molecular complexity index is 327. The quantitative estimate of drug-likeness (QED) is 0.731. The minimum atomic E-state index is 0.210. The van der Waals surface area contributed by atoms with Crippen LogP contribution in [0.2, 0.25) is 0 Å². The van der Waals surface area contributed by atoms with Gasteiger partial charge in [-0.1, -0.05) is 24.1 Å². The summed E-state index contributed by atoms with van der Waals surface area (Å²) in [7, 11) is 1.67. The van der Waals surface area contributed by atoms with Gasteiger partial charge in [0.05, 0.1) is 13.7 Å². The van der Waals surface area contributed by atoms with Crippen LogP contribution >= 0.6 is 0 Å². The van der Waals surface area contributed by atoms with Crippen LogP contribution in [-0.4, -0.2) is 13.7 Å². The van der Waals surface area contributed by atoms with E-state index in [4.69, 9.17) is 11.2 Å². The summed E-state index contributed by atoms with van der Waals surface area (Å²) in [4.78, 5) is 0. The lowest BCUT2D eigenvalue weighted by Gasteiger charge is -2.15. The maximum Gasteiger partial charge on any atom is 0.123 e. The minimum Gasteiger partial charge on any atom is -0.496 e. The molecule has 0 spiro atoms. The van der Waals surface area contributed by atoms with Crippen LogP contribution < -0.4 is 10.1 Å². The standard InChI is InChI=1S/C12H15NO/c1-4-9-13-10(2)11-7-5-6-8-12(11)14-3/h1,5-8,10,13H,9H2,2-3H3. The van der Waals surface area contributed by atoms with E-state index in [-0.39, 0.29) is 6.04 Å². The highest BCUT2D eigenvalue weighted by Crippen LogP contribution is 2.23. The van der Waals surface area contributed by atoms with Crippen molar-refractivity contribution in [3.8, 4) is 18.1 Å². The van der Waals surface area contributed by atoms with E-state index in [0.717, 1.165) is 11.3 Å². The number of ether oxygens (including phenoxy) is 1. The summed E-state index contributed by atoms with van der Waals surface area (Å²) in [6.07, 6.45) is 5.18. The molecule has 2 nitrogen and oxygen atoms in total. The highest BCUT2D eigenvalue weighted by molar-refractivity contribution is 5.35. The van der Waals surface area contributed by atoms with E-state index in [1.165, 1.54) is 0 Å². The zero-order valence-electron chi connectivity index (χ0n) is 8.58. The molecule has 0 saturated carbocycles. The minimum absolute atomic E-state index is 0.210. The van der Waals surface area contributed by atoms with Gasteiger partial charge in [0.2, 0.25) is 0 Å². The van der Waals surface area contributed by atoms with E-state index in [1.54, 1.807) is 7.11 Å². The van der Waals surface area contributed by atoms with Crippen molar-refractivity contribution >= 4 is 0 Å². The Hall–Kier alpha value is -1.46. The van der Waals surface area contributed by atoms with Gasteiger partial charge < -0.3 is 4.74 Å². The first-order chi connectivity index (χ1) is 6.79. The Balaban J connectivity index is 2.78. The molecule has 0 aromatic heterocycles. The Kier molecular flexibility index (Phi) is 4.03. The van der Waals surface area contributed by atoms with Crippen molar-refractivity contribution in [2.24, 2.45) is 0 Å². The monoisotopic (exact) mass is 189 g/mol. The fourth-order valence-electron chi connectivity index (χ4n) is 1.35. The SMILES string of the molecule is C#CCNC(C)c1ccccc1OC. The van der Waals surface area contributed by atoms with Gasteiger partial charge in [-0.3, -0.25) is 5.32 Å². The van der Waals surface area contributed by atoms with Crippen molar-refractivity contribution in [1.29, 1.82) is 0 Å². The maximum atomic E-state index is 5.25. The molecule has 0 aliphatic heterocycles. The van der Waals surface area contributed by atoms with Crippen molar-refractivity contribution in [3.05, 3.63) is 29.8 Å². The third-order valence-corrected chi connectivity index (χ3v) is 2.12. The fraction of sp³-hybridized carbons (Fsp3) is 0.333. The molecule has 0 aliphatic carbocycles. The second kappa shape index (κ2) is 5.31.